The van der Waals surface area contributed by atoms with Crippen molar-refractivity contribution in [3.05, 3.63) is 146 Å². The summed E-state index contributed by atoms with van der Waals surface area (Å²) in [7, 11) is 0. The lowest BCUT2D eigenvalue weighted by Gasteiger charge is -2.13. The molecule has 0 saturated carbocycles. The molecule has 10 aromatic rings. The molecule has 0 unspecified atom stereocenters. The van der Waals surface area contributed by atoms with Crippen LogP contribution in [-0.4, -0.2) is 19.9 Å². The molecule has 0 spiro atoms. The van der Waals surface area contributed by atoms with Crippen molar-refractivity contribution in [2.24, 2.45) is 0 Å². The maximum atomic E-state index is 6.22. The van der Waals surface area contributed by atoms with E-state index >= 15 is 0 Å². The number of pyridine rings is 1. The normalized spacial score (nSPS) is 11.8. The number of hydrogen-bond donors (Lipinski definition) is 0. The zero-order valence-corrected chi connectivity index (χ0v) is 25.1. The van der Waals surface area contributed by atoms with Gasteiger partial charge < -0.3 is 4.42 Å². The number of aromatic nitrogens is 4. The Labute approximate surface area is 268 Å². The predicted octanol–water partition coefficient (Wildman–Crippen LogP) is 10.8. The van der Waals surface area contributed by atoms with E-state index in [9.17, 15) is 0 Å². The van der Waals surface area contributed by atoms with Crippen LogP contribution in [0.15, 0.2) is 150 Å². The van der Waals surface area contributed by atoms with Gasteiger partial charge in [0, 0.05) is 39.9 Å². The number of hydrogen-bond acceptors (Lipinski definition) is 5. The SMILES string of the molecule is c1ccc2cc(-c3nc(-c4cccc5c4ccc4ccc6ccccc6c45)nc(-c4cccc5oc6ccncc6c45)n3)ccc2c1. The molecule has 0 bridgehead atoms. The van der Waals surface area contributed by atoms with Gasteiger partial charge in [0.1, 0.15) is 11.2 Å². The van der Waals surface area contributed by atoms with Crippen LogP contribution in [0, 0.1) is 0 Å². The van der Waals surface area contributed by atoms with Crippen LogP contribution in [0.1, 0.15) is 0 Å². The van der Waals surface area contributed by atoms with Crippen LogP contribution in [0.25, 0.3) is 99.2 Å². The Morgan fingerprint density at radius 2 is 1.11 bits per heavy atom. The van der Waals surface area contributed by atoms with Crippen LogP contribution in [0.2, 0.25) is 0 Å². The van der Waals surface area contributed by atoms with Crippen molar-refractivity contribution in [3.63, 3.8) is 0 Å². The highest BCUT2D eigenvalue weighted by atomic mass is 16.3. The van der Waals surface area contributed by atoms with E-state index in [0.29, 0.717) is 17.5 Å². The molecule has 0 atom stereocenters. The van der Waals surface area contributed by atoms with Gasteiger partial charge in [0.2, 0.25) is 0 Å². The molecular weight excluding hydrogens is 576 g/mol. The van der Waals surface area contributed by atoms with Crippen LogP contribution in [0.4, 0.5) is 0 Å². The first-order valence-electron chi connectivity index (χ1n) is 15.6. The minimum Gasteiger partial charge on any atom is -0.456 e. The van der Waals surface area contributed by atoms with Gasteiger partial charge in [-0.2, -0.15) is 0 Å². The van der Waals surface area contributed by atoms with E-state index in [-0.39, 0.29) is 0 Å². The fraction of sp³-hybridized carbons (Fsp3) is 0. The van der Waals surface area contributed by atoms with Crippen molar-refractivity contribution in [1.29, 1.82) is 0 Å². The van der Waals surface area contributed by atoms with Gasteiger partial charge in [0.05, 0.1) is 0 Å². The van der Waals surface area contributed by atoms with Crippen molar-refractivity contribution in [2.45, 2.75) is 0 Å². The highest BCUT2D eigenvalue weighted by Gasteiger charge is 2.19. The summed E-state index contributed by atoms with van der Waals surface area (Å²) in [6.07, 6.45) is 3.59. The highest BCUT2D eigenvalue weighted by molar-refractivity contribution is 6.22. The van der Waals surface area contributed by atoms with E-state index in [1.165, 1.54) is 32.3 Å². The smallest absolute Gasteiger partial charge is 0.164 e. The molecule has 5 nitrogen and oxygen atoms in total. The second-order valence-corrected chi connectivity index (χ2v) is 11.9. The molecule has 5 heteroatoms. The quantitative estimate of drug-likeness (QED) is 0.189. The van der Waals surface area contributed by atoms with E-state index in [1.807, 2.05) is 24.4 Å². The first kappa shape index (κ1) is 25.8. The lowest BCUT2D eigenvalue weighted by molar-refractivity contribution is 0.668. The third-order valence-electron chi connectivity index (χ3n) is 9.19. The van der Waals surface area contributed by atoms with Gasteiger partial charge in [-0.3, -0.25) is 4.98 Å². The Bertz CT molecular complexity index is 2870. The largest absolute Gasteiger partial charge is 0.456 e. The first-order valence-corrected chi connectivity index (χ1v) is 15.6. The maximum Gasteiger partial charge on any atom is 0.164 e. The molecular formula is C42H24N4O. The zero-order valence-electron chi connectivity index (χ0n) is 25.1. The van der Waals surface area contributed by atoms with Crippen molar-refractivity contribution >= 4 is 65.0 Å². The molecule has 0 aliphatic heterocycles. The molecule has 47 heavy (non-hydrogen) atoms. The second-order valence-electron chi connectivity index (χ2n) is 11.9. The first-order chi connectivity index (χ1) is 23.3. The second kappa shape index (κ2) is 10.0. The van der Waals surface area contributed by atoms with E-state index in [0.717, 1.165) is 49.4 Å². The van der Waals surface area contributed by atoms with E-state index in [2.05, 4.69) is 120 Å². The summed E-state index contributed by atoms with van der Waals surface area (Å²) in [4.78, 5) is 19.9. The summed E-state index contributed by atoms with van der Waals surface area (Å²) in [6.45, 7) is 0. The van der Waals surface area contributed by atoms with Crippen molar-refractivity contribution < 1.29 is 4.42 Å². The maximum absolute atomic E-state index is 6.22. The number of furan rings is 1. The average molecular weight is 601 g/mol. The van der Waals surface area contributed by atoms with Gasteiger partial charge in [-0.15, -0.1) is 0 Å². The van der Waals surface area contributed by atoms with Crippen LogP contribution in [0.3, 0.4) is 0 Å². The van der Waals surface area contributed by atoms with Gasteiger partial charge in [0.25, 0.3) is 0 Å². The van der Waals surface area contributed by atoms with Crippen LogP contribution >= 0.6 is 0 Å². The molecule has 10 rings (SSSR count). The van der Waals surface area contributed by atoms with Gasteiger partial charge in [0.15, 0.2) is 17.5 Å². The number of fused-ring (bicyclic) bond motifs is 9. The summed E-state index contributed by atoms with van der Waals surface area (Å²) in [5, 5.41) is 11.3. The lowest BCUT2D eigenvalue weighted by Crippen LogP contribution is -2.01. The number of rotatable bonds is 3. The monoisotopic (exact) mass is 600 g/mol. The van der Waals surface area contributed by atoms with E-state index < -0.39 is 0 Å². The molecule has 0 radical (unpaired) electrons. The van der Waals surface area contributed by atoms with Gasteiger partial charge in [-0.1, -0.05) is 115 Å². The van der Waals surface area contributed by atoms with Crippen molar-refractivity contribution in [3.8, 4) is 34.2 Å². The fourth-order valence-electron chi connectivity index (χ4n) is 6.99. The van der Waals surface area contributed by atoms with Crippen LogP contribution in [-0.2, 0) is 0 Å². The minimum atomic E-state index is 0.582. The molecule has 7 aromatic carbocycles. The molecule has 0 fully saturated rings. The third-order valence-corrected chi connectivity index (χ3v) is 9.19. The summed E-state index contributed by atoms with van der Waals surface area (Å²) in [5.41, 5.74) is 4.30. The van der Waals surface area contributed by atoms with Crippen molar-refractivity contribution in [2.75, 3.05) is 0 Å². The Balaban J connectivity index is 1.28. The Kier molecular flexibility index (Phi) is 5.51. The summed E-state index contributed by atoms with van der Waals surface area (Å²) < 4.78 is 6.22. The average Bonchev–Trinajstić information content (AvgIpc) is 3.53. The zero-order chi connectivity index (χ0) is 30.9. The van der Waals surface area contributed by atoms with E-state index in [4.69, 9.17) is 19.4 Å². The topological polar surface area (TPSA) is 64.7 Å². The standard InChI is InChI=1S/C42H24N4O/c1-2-9-28-23-29(18-15-25(28)7-1)40-44-41(46-42(45-40)34-13-6-14-37-39(34)35-24-43-22-21-36(35)47-37)33-12-5-11-32-31(33)20-19-27-17-16-26-8-3-4-10-30(26)38(27)32/h1-24H. The molecule has 0 saturated heterocycles. The molecule has 3 heterocycles. The number of nitrogens with zero attached hydrogens (tertiary/aromatic N) is 4. The third kappa shape index (κ3) is 4.03. The molecule has 0 amide bonds. The summed E-state index contributed by atoms with van der Waals surface area (Å²) in [5.74, 6) is 1.81. The highest BCUT2D eigenvalue weighted by Crippen LogP contribution is 2.39. The molecule has 218 valence electrons. The molecule has 3 aromatic heterocycles. The minimum absolute atomic E-state index is 0.582. The lowest BCUT2D eigenvalue weighted by atomic mass is 9.94. The van der Waals surface area contributed by atoms with Gasteiger partial charge in [-0.05, 0) is 61.3 Å². The molecule has 0 aliphatic rings. The Hall–Kier alpha value is -6.46. The van der Waals surface area contributed by atoms with Crippen molar-refractivity contribution in [1.82, 2.24) is 19.9 Å². The van der Waals surface area contributed by atoms with Gasteiger partial charge >= 0.3 is 0 Å². The Morgan fingerprint density at radius 3 is 2.04 bits per heavy atom. The summed E-state index contributed by atoms with van der Waals surface area (Å²) >= 11 is 0. The van der Waals surface area contributed by atoms with Gasteiger partial charge in [-0.25, -0.2) is 15.0 Å². The number of benzene rings is 7. The van der Waals surface area contributed by atoms with Crippen LogP contribution in [0.5, 0.6) is 0 Å². The predicted molar refractivity (Wildman–Crippen MR) is 191 cm³/mol. The van der Waals surface area contributed by atoms with Crippen LogP contribution < -0.4 is 0 Å². The fourth-order valence-corrected chi connectivity index (χ4v) is 6.99. The molecule has 0 aliphatic carbocycles. The molecule has 0 N–H and O–H groups in total. The summed E-state index contributed by atoms with van der Waals surface area (Å²) in [6, 6.07) is 46.4. The Morgan fingerprint density at radius 1 is 0.404 bits per heavy atom. The van der Waals surface area contributed by atoms with E-state index in [1.54, 1.807) is 6.20 Å².